The third-order valence-corrected chi connectivity index (χ3v) is 2.38. The quantitative estimate of drug-likeness (QED) is 0.317. The fraction of sp³-hybridized carbons (Fsp3) is 0.308. The highest BCUT2D eigenvalue weighted by Crippen LogP contribution is 2.10. The molecule has 0 heterocycles. The first-order valence-electron chi connectivity index (χ1n) is 5.64. The molecule has 1 rings (SSSR count). The first-order valence-corrected chi connectivity index (χ1v) is 5.64. The van der Waals surface area contributed by atoms with Gasteiger partial charge in [0.1, 0.15) is 5.82 Å². The van der Waals surface area contributed by atoms with E-state index in [0.29, 0.717) is 24.6 Å². The van der Waals surface area contributed by atoms with Crippen LogP contribution in [0.15, 0.2) is 35.8 Å². The van der Waals surface area contributed by atoms with E-state index in [1.165, 1.54) is 6.07 Å². The molecule has 0 aliphatic heterocycles. The average Bonchev–Trinajstić information content (AvgIpc) is 2.40. The molecular weight excluding hydrogens is 360 g/mol. The van der Waals surface area contributed by atoms with Crippen LogP contribution in [0.25, 0.3) is 0 Å². The molecule has 4 nitrogen and oxygen atoms in total. The molecule has 0 atom stereocenters. The van der Waals surface area contributed by atoms with Crippen LogP contribution in [0.2, 0.25) is 0 Å². The van der Waals surface area contributed by atoms with Gasteiger partial charge in [-0.1, -0.05) is 12.1 Å². The second-order valence-electron chi connectivity index (χ2n) is 3.68. The standard InChI is InChI=1S/C13H18FN3O.HI/c1-3-6-16-13(15-2)17-8-10-4-5-12(14)11(7-10)9-18;/h3-5,7,18H,1,6,8-9H2,2H3,(H2,15,16,17);1H. The van der Waals surface area contributed by atoms with Crippen LogP contribution in [-0.4, -0.2) is 24.7 Å². The molecule has 1 aromatic carbocycles. The van der Waals surface area contributed by atoms with Gasteiger partial charge in [0.05, 0.1) is 6.61 Å². The number of rotatable bonds is 5. The van der Waals surface area contributed by atoms with Gasteiger partial charge in [0.2, 0.25) is 0 Å². The first kappa shape index (κ1) is 17.8. The van der Waals surface area contributed by atoms with Gasteiger partial charge in [-0.25, -0.2) is 4.39 Å². The highest BCUT2D eigenvalue weighted by molar-refractivity contribution is 14.0. The van der Waals surface area contributed by atoms with Gasteiger partial charge in [0, 0.05) is 25.7 Å². The summed E-state index contributed by atoms with van der Waals surface area (Å²) in [5.74, 6) is 0.250. The molecule has 0 saturated heterocycles. The summed E-state index contributed by atoms with van der Waals surface area (Å²) < 4.78 is 13.2. The predicted molar refractivity (Wildman–Crippen MR) is 86.1 cm³/mol. The van der Waals surface area contributed by atoms with E-state index >= 15 is 0 Å². The predicted octanol–water partition coefficient (Wildman–Crippen LogP) is 1.79. The fourth-order valence-electron chi connectivity index (χ4n) is 1.43. The largest absolute Gasteiger partial charge is 0.392 e. The highest BCUT2D eigenvalue weighted by atomic mass is 127. The fourth-order valence-corrected chi connectivity index (χ4v) is 1.43. The molecule has 0 unspecified atom stereocenters. The smallest absolute Gasteiger partial charge is 0.191 e. The first-order chi connectivity index (χ1) is 8.71. The lowest BCUT2D eigenvalue weighted by Gasteiger charge is -2.11. The molecule has 0 aromatic heterocycles. The molecule has 106 valence electrons. The monoisotopic (exact) mass is 379 g/mol. The van der Waals surface area contributed by atoms with E-state index < -0.39 is 5.82 Å². The molecular formula is C13H19FIN3O. The Kier molecular flexibility index (Phi) is 9.15. The number of aliphatic imine (C=N–C) groups is 1. The van der Waals surface area contributed by atoms with E-state index in [2.05, 4.69) is 22.2 Å². The molecule has 0 spiro atoms. The van der Waals surface area contributed by atoms with Crippen molar-refractivity contribution < 1.29 is 9.50 Å². The summed E-state index contributed by atoms with van der Waals surface area (Å²) in [6.07, 6.45) is 1.73. The Balaban J connectivity index is 0.00000324. The van der Waals surface area contributed by atoms with Crippen LogP contribution in [0.1, 0.15) is 11.1 Å². The van der Waals surface area contributed by atoms with E-state index in [1.54, 1.807) is 25.3 Å². The molecule has 0 fully saturated rings. The summed E-state index contributed by atoms with van der Waals surface area (Å²) in [6.45, 7) is 4.42. The van der Waals surface area contributed by atoms with Crippen LogP contribution in [0, 0.1) is 5.82 Å². The zero-order chi connectivity index (χ0) is 13.4. The molecule has 0 aliphatic carbocycles. The lowest BCUT2D eigenvalue weighted by Crippen LogP contribution is -2.36. The van der Waals surface area contributed by atoms with Crippen LogP contribution in [-0.2, 0) is 13.2 Å². The molecule has 3 N–H and O–H groups in total. The Labute approximate surface area is 129 Å². The maximum atomic E-state index is 13.2. The van der Waals surface area contributed by atoms with Crippen molar-refractivity contribution in [1.29, 1.82) is 0 Å². The third-order valence-electron chi connectivity index (χ3n) is 2.38. The summed E-state index contributed by atoms with van der Waals surface area (Å²) in [5, 5.41) is 15.1. The molecule has 1 aromatic rings. The minimum atomic E-state index is -0.393. The number of guanidine groups is 1. The van der Waals surface area contributed by atoms with Crippen LogP contribution >= 0.6 is 24.0 Å². The maximum absolute atomic E-state index is 13.2. The van der Waals surface area contributed by atoms with Crippen LogP contribution in [0.3, 0.4) is 0 Å². The minimum Gasteiger partial charge on any atom is -0.392 e. The van der Waals surface area contributed by atoms with Gasteiger partial charge in [-0.3, -0.25) is 4.99 Å². The zero-order valence-electron chi connectivity index (χ0n) is 10.8. The number of nitrogens with zero attached hydrogens (tertiary/aromatic N) is 1. The second kappa shape index (κ2) is 9.74. The molecule has 0 aliphatic rings. The van der Waals surface area contributed by atoms with E-state index in [0.717, 1.165) is 5.56 Å². The summed E-state index contributed by atoms with van der Waals surface area (Å²) >= 11 is 0. The Hall–Kier alpha value is -1.15. The van der Waals surface area contributed by atoms with Gasteiger partial charge >= 0.3 is 0 Å². The van der Waals surface area contributed by atoms with E-state index in [1.807, 2.05) is 0 Å². The summed E-state index contributed by atoms with van der Waals surface area (Å²) in [4.78, 5) is 4.02. The van der Waals surface area contributed by atoms with Gasteiger partial charge in [-0.2, -0.15) is 0 Å². The van der Waals surface area contributed by atoms with Crippen molar-refractivity contribution in [2.75, 3.05) is 13.6 Å². The summed E-state index contributed by atoms with van der Waals surface area (Å²) in [5.41, 5.74) is 1.17. The summed E-state index contributed by atoms with van der Waals surface area (Å²) in [6, 6.07) is 4.65. The van der Waals surface area contributed by atoms with Crippen LogP contribution in [0.4, 0.5) is 4.39 Å². The van der Waals surface area contributed by atoms with Gasteiger partial charge in [0.25, 0.3) is 0 Å². The SMILES string of the molecule is C=CCNC(=NC)NCc1ccc(F)c(CO)c1.I. The van der Waals surface area contributed by atoms with Crippen molar-refractivity contribution in [2.45, 2.75) is 13.2 Å². The molecule has 6 heteroatoms. The number of halogens is 2. The maximum Gasteiger partial charge on any atom is 0.191 e. The Morgan fingerprint density at radius 3 is 2.79 bits per heavy atom. The van der Waals surface area contributed by atoms with E-state index in [-0.39, 0.29) is 30.6 Å². The number of aliphatic hydroxyl groups is 1. The Morgan fingerprint density at radius 1 is 1.47 bits per heavy atom. The van der Waals surface area contributed by atoms with Gasteiger partial charge in [-0.15, -0.1) is 30.6 Å². The van der Waals surface area contributed by atoms with Gasteiger partial charge in [0.15, 0.2) is 5.96 Å². The number of benzene rings is 1. The molecule has 0 amide bonds. The van der Waals surface area contributed by atoms with Crippen molar-refractivity contribution >= 4 is 29.9 Å². The van der Waals surface area contributed by atoms with Gasteiger partial charge < -0.3 is 15.7 Å². The van der Waals surface area contributed by atoms with Crippen molar-refractivity contribution in [3.63, 3.8) is 0 Å². The Bertz CT molecular complexity index is 438. The van der Waals surface area contributed by atoms with Crippen LogP contribution < -0.4 is 10.6 Å². The van der Waals surface area contributed by atoms with Crippen molar-refractivity contribution in [3.05, 3.63) is 47.8 Å². The lowest BCUT2D eigenvalue weighted by atomic mass is 10.1. The number of aliphatic hydroxyl groups excluding tert-OH is 1. The van der Waals surface area contributed by atoms with E-state index in [4.69, 9.17) is 5.11 Å². The molecule has 19 heavy (non-hydrogen) atoms. The van der Waals surface area contributed by atoms with Gasteiger partial charge in [-0.05, 0) is 17.7 Å². The van der Waals surface area contributed by atoms with Crippen molar-refractivity contribution in [2.24, 2.45) is 4.99 Å². The van der Waals surface area contributed by atoms with Crippen LogP contribution in [0.5, 0.6) is 0 Å². The second-order valence-corrected chi connectivity index (χ2v) is 3.68. The normalized spacial score (nSPS) is 10.6. The number of hydrogen-bond donors (Lipinski definition) is 3. The van der Waals surface area contributed by atoms with Crippen molar-refractivity contribution in [1.82, 2.24) is 10.6 Å². The molecule has 0 saturated carbocycles. The minimum absolute atomic E-state index is 0. The topological polar surface area (TPSA) is 56.7 Å². The molecule has 0 bridgehead atoms. The van der Waals surface area contributed by atoms with Crippen molar-refractivity contribution in [3.8, 4) is 0 Å². The number of nitrogens with one attached hydrogen (secondary N) is 2. The van der Waals surface area contributed by atoms with E-state index in [9.17, 15) is 4.39 Å². The Morgan fingerprint density at radius 2 is 2.21 bits per heavy atom. The lowest BCUT2D eigenvalue weighted by molar-refractivity contribution is 0.275. The molecule has 0 radical (unpaired) electrons. The average molecular weight is 379 g/mol. The third kappa shape index (κ3) is 6.02. The highest BCUT2D eigenvalue weighted by Gasteiger charge is 2.03. The zero-order valence-corrected chi connectivity index (χ0v) is 13.1. The summed E-state index contributed by atoms with van der Waals surface area (Å²) in [7, 11) is 1.67. The number of hydrogen-bond acceptors (Lipinski definition) is 2.